The lowest BCUT2D eigenvalue weighted by Crippen LogP contribution is -2.51. The number of carbonyl (C=O) groups is 1. The van der Waals surface area contributed by atoms with Crippen molar-refractivity contribution in [2.24, 2.45) is 0 Å². The van der Waals surface area contributed by atoms with Gasteiger partial charge in [0.25, 0.3) is 0 Å². The maximum atomic E-state index is 12.4. The molecule has 0 aromatic heterocycles. The number of rotatable bonds is 3. The van der Waals surface area contributed by atoms with Crippen LogP contribution in [0.15, 0.2) is 18.2 Å². The number of benzene rings is 1. The minimum Gasteiger partial charge on any atom is -0.311 e. The molecule has 1 saturated heterocycles. The monoisotopic (exact) mass is 266 g/mol. The number of nitrogens with zero attached hydrogens (tertiary/aromatic N) is 1. The van der Waals surface area contributed by atoms with Gasteiger partial charge >= 0.3 is 0 Å². The molecule has 0 radical (unpaired) electrons. The maximum Gasteiger partial charge on any atom is 0.244 e. The zero-order valence-corrected chi connectivity index (χ0v) is 11.6. The normalized spacial score (nSPS) is 20.3. The molecule has 1 aromatic rings. The molecule has 1 aliphatic rings. The summed E-state index contributed by atoms with van der Waals surface area (Å²) in [5.41, 5.74) is 2.03. The molecule has 1 atom stereocenters. The Morgan fingerprint density at radius 1 is 1.50 bits per heavy atom. The highest BCUT2D eigenvalue weighted by atomic mass is 35.5. The molecule has 1 amide bonds. The van der Waals surface area contributed by atoms with Gasteiger partial charge in [-0.2, -0.15) is 0 Å². The van der Waals surface area contributed by atoms with Gasteiger partial charge in [-0.3, -0.25) is 4.79 Å². The first-order chi connectivity index (χ1) is 8.63. The Balaban J connectivity index is 2.26. The molecule has 0 saturated carbocycles. The van der Waals surface area contributed by atoms with Crippen LogP contribution in [0.4, 0.5) is 5.69 Å². The fraction of sp³-hybridized carbons (Fsp3) is 0.500. The maximum absolute atomic E-state index is 12.4. The molecule has 2 rings (SSSR count). The first kappa shape index (κ1) is 13.4. The first-order valence-electron chi connectivity index (χ1n) is 6.44. The smallest absolute Gasteiger partial charge is 0.244 e. The molecule has 3 nitrogen and oxygen atoms in total. The number of nitrogens with one attached hydrogen (secondary N) is 1. The van der Waals surface area contributed by atoms with Crippen molar-refractivity contribution < 1.29 is 4.79 Å². The zero-order valence-electron chi connectivity index (χ0n) is 10.9. The molecule has 0 bridgehead atoms. The van der Waals surface area contributed by atoms with E-state index in [0.717, 1.165) is 37.2 Å². The number of piperidine rings is 1. The van der Waals surface area contributed by atoms with Crippen LogP contribution < -0.4 is 10.2 Å². The molecule has 0 aliphatic carbocycles. The van der Waals surface area contributed by atoms with Crippen molar-refractivity contribution in [1.82, 2.24) is 5.32 Å². The first-order valence-corrected chi connectivity index (χ1v) is 6.82. The van der Waals surface area contributed by atoms with Crippen LogP contribution in [0.5, 0.6) is 0 Å². The lowest BCUT2D eigenvalue weighted by Gasteiger charge is -2.33. The zero-order chi connectivity index (χ0) is 13.1. The van der Waals surface area contributed by atoms with Crippen LogP contribution in [0.3, 0.4) is 0 Å². The second kappa shape index (κ2) is 5.72. The van der Waals surface area contributed by atoms with Gasteiger partial charge in [0.1, 0.15) is 0 Å². The van der Waals surface area contributed by atoms with Gasteiger partial charge in [0, 0.05) is 17.3 Å². The second-order valence-electron chi connectivity index (χ2n) is 4.67. The van der Waals surface area contributed by atoms with Gasteiger partial charge < -0.3 is 10.2 Å². The number of aryl methyl sites for hydroxylation is 1. The lowest BCUT2D eigenvalue weighted by atomic mass is 10.0. The van der Waals surface area contributed by atoms with Gasteiger partial charge in [-0.15, -0.1) is 0 Å². The van der Waals surface area contributed by atoms with Crippen molar-refractivity contribution in [3.05, 3.63) is 28.8 Å². The van der Waals surface area contributed by atoms with Crippen LogP contribution in [0.1, 0.15) is 25.3 Å². The number of carbonyl (C=O) groups excluding carboxylic acids is 1. The predicted octanol–water partition coefficient (Wildman–Crippen LogP) is 2.75. The summed E-state index contributed by atoms with van der Waals surface area (Å²) in [6.07, 6.45) is 1.94. The van der Waals surface area contributed by atoms with Gasteiger partial charge in [-0.05, 0) is 44.0 Å². The number of hydrogen-bond donors (Lipinski definition) is 1. The molecule has 1 unspecified atom stereocenters. The molecule has 1 aromatic carbocycles. The Bertz CT molecular complexity index is 445. The average Bonchev–Trinajstić information content (AvgIpc) is 2.35. The van der Waals surface area contributed by atoms with E-state index in [1.807, 2.05) is 36.9 Å². The van der Waals surface area contributed by atoms with Crippen molar-refractivity contribution >= 4 is 23.2 Å². The Labute approximate surface area is 113 Å². The SMILES string of the molecule is CCNC1CCCN(c2cc(Cl)ccc2C)C1=O. The Hall–Kier alpha value is -1.06. The van der Waals surface area contributed by atoms with Crippen LogP contribution in [0, 0.1) is 6.92 Å². The Morgan fingerprint density at radius 2 is 2.28 bits per heavy atom. The number of halogens is 1. The number of likely N-dealkylation sites (N-methyl/N-ethyl adjacent to an activating group) is 1. The highest BCUT2D eigenvalue weighted by Crippen LogP contribution is 2.27. The summed E-state index contributed by atoms with van der Waals surface area (Å²) in [6.45, 7) is 5.63. The van der Waals surface area contributed by atoms with Gasteiger partial charge in [-0.25, -0.2) is 0 Å². The molecule has 0 spiro atoms. The van der Waals surface area contributed by atoms with Crippen molar-refractivity contribution in [2.75, 3.05) is 18.0 Å². The Morgan fingerprint density at radius 3 is 3.00 bits per heavy atom. The molecule has 98 valence electrons. The quantitative estimate of drug-likeness (QED) is 0.912. The number of hydrogen-bond acceptors (Lipinski definition) is 2. The van der Waals surface area contributed by atoms with Gasteiger partial charge in [0.2, 0.25) is 5.91 Å². The van der Waals surface area contributed by atoms with E-state index < -0.39 is 0 Å². The molecular weight excluding hydrogens is 248 g/mol. The van der Waals surface area contributed by atoms with E-state index in [4.69, 9.17) is 11.6 Å². The van der Waals surface area contributed by atoms with Crippen molar-refractivity contribution in [3.63, 3.8) is 0 Å². The molecular formula is C14H19ClN2O. The number of amides is 1. The molecule has 1 fully saturated rings. The number of anilines is 1. The van der Waals surface area contributed by atoms with Crippen LogP contribution in [-0.2, 0) is 4.79 Å². The summed E-state index contributed by atoms with van der Waals surface area (Å²) in [5.74, 6) is 0.161. The summed E-state index contributed by atoms with van der Waals surface area (Å²) in [6, 6.07) is 5.64. The van der Waals surface area contributed by atoms with E-state index in [1.165, 1.54) is 0 Å². The fourth-order valence-electron chi connectivity index (χ4n) is 2.42. The standard InChI is InChI=1S/C14H19ClN2O/c1-3-16-12-5-4-8-17(14(12)18)13-9-11(15)7-6-10(13)2/h6-7,9,12,16H,3-5,8H2,1-2H3. The van der Waals surface area contributed by atoms with Crippen LogP contribution >= 0.6 is 11.6 Å². The summed E-state index contributed by atoms with van der Waals surface area (Å²) in [4.78, 5) is 14.3. The molecule has 1 N–H and O–H groups in total. The summed E-state index contributed by atoms with van der Waals surface area (Å²) < 4.78 is 0. The Kier molecular flexibility index (Phi) is 4.25. The highest BCUT2D eigenvalue weighted by molar-refractivity contribution is 6.31. The topological polar surface area (TPSA) is 32.3 Å². The van der Waals surface area contributed by atoms with Gasteiger partial charge in [-0.1, -0.05) is 24.6 Å². The van der Waals surface area contributed by atoms with Crippen LogP contribution in [-0.4, -0.2) is 25.0 Å². The van der Waals surface area contributed by atoms with E-state index in [-0.39, 0.29) is 11.9 Å². The summed E-state index contributed by atoms with van der Waals surface area (Å²) in [7, 11) is 0. The van der Waals surface area contributed by atoms with Crippen LogP contribution in [0.25, 0.3) is 0 Å². The second-order valence-corrected chi connectivity index (χ2v) is 5.11. The van der Waals surface area contributed by atoms with Gasteiger partial charge in [0.05, 0.1) is 6.04 Å². The van der Waals surface area contributed by atoms with Crippen LogP contribution in [0.2, 0.25) is 5.02 Å². The van der Waals surface area contributed by atoms with Crippen molar-refractivity contribution in [2.45, 2.75) is 32.7 Å². The summed E-state index contributed by atoms with van der Waals surface area (Å²) in [5, 5.41) is 3.92. The minimum atomic E-state index is -0.0536. The largest absolute Gasteiger partial charge is 0.311 e. The van der Waals surface area contributed by atoms with E-state index in [1.54, 1.807) is 0 Å². The van der Waals surface area contributed by atoms with E-state index in [9.17, 15) is 4.79 Å². The predicted molar refractivity (Wildman–Crippen MR) is 75.2 cm³/mol. The molecule has 4 heteroatoms. The lowest BCUT2D eigenvalue weighted by molar-refractivity contribution is -0.121. The molecule has 1 aliphatic heterocycles. The minimum absolute atomic E-state index is 0.0536. The van der Waals surface area contributed by atoms with Crippen molar-refractivity contribution in [3.8, 4) is 0 Å². The third-order valence-electron chi connectivity index (χ3n) is 3.35. The summed E-state index contributed by atoms with van der Waals surface area (Å²) >= 11 is 6.03. The average molecular weight is 267 g/mol. The van der Waals surface area contributed by atoms with E-state index in [0.29, 0.717) is 5.02 Å². The highest BCUT2D eigenvalue weighted by Gasteiger charge is 2.29. The fourth-order valence-corrected chi connectivity index (χ4v) is 2.59. The third-order valence-corrected chi connectivity index (χ3v) is 3.59. The van der Waals surface area contributed by atoms with Crippen molar-refractivity contribution in [1.29, 1.82) is 0 Å². The molecule has 1 heterocycles. The van der Waals surface area contributed by atoms with E-state index >= 15 is 0 Å². The van der Waals surface area contributed by atoms with E-state index in [2.05, 4.69) is 5.32 Å². The van der Waals surface area contributed by atoms with Gasteiger partial charge in [0.15, 0.2) is 0 Å². The third kappa shape index (κ3) is 2.68. The molecule has 18 heavy (non-hydrogen) atoms.